The summed E-state index contributed by atoms with van der Waals surface area (Å²) < 4.78 is 60.0. The van der Waals surface area contributed by atoms with Crippen LogP contribution >= 0.6 is 12.2 Å². The molecule has 0 bridgehead atoms. The van der Waals surface area contributed by atoms with Gasteiger partial charge in [-0.05, 0) is 68.9 Å². The zero-order chi connectivity index (χ0) is 25.4. The van der Waals surface area contributed by atoms with Crippen LogP contribution in [0.5, 0.6) is 0 Å². The van der Waals surface area contributed by atoms with E-state index in [1.54, 1.807) is 6.92 Å². The van der Waals surface area contributed by atoms with Crippen molar-refractivity contribution in [2.75, 3.05) is 16.4 Å². The highest BCUT2D eigenvalue weighted by Gasteiger charge is 2.51. The van der Waals surface area contributed by atoms with Crippen molar-refractivity contribution in [1.29, 1.82) is 5.26 Å². The third-order valence-electron chi connectivity index (χ3n) is 5.22. The number of thiocarbonyl (C=S) groups is 1. The van der Waals surface area contributed by atoms with Crippen molar-refractivity contribution in [2.45, 2.75) is 38.9 Å². The van der Waals surface area contributed by atoms with Crippen LogP contribution in [-0.2, 0) is 15.7 Å². The van der Waals surface area contributed by atoms with Gasteiger partial charge in [0.1, 0.15) is 11.4 Å². The van der Waals surface area contributed by atoms with E-state index in [1.807, 2.05) is 0 Å². The lowest BCUT2D eigenvalue weighted by atomic mass is 10.0. The summed E-state index contributed by atoms with van der Waals surface area (Å²) in [5.74, 6) is -2.40. The third-order valence-corrected chi connectivity index (χ3v) is 5.59. The second-order valence-electron chi connectivity index (χ2n) is 7.96. The van der Waals surface area contributed by atoms with Gasteiger partial charge in [-0.15, -0.1) is 0 Å². The maximum Gasteiger partial charge on any atom is 0.417 e. The van der Waals surface area contributed by atoms with Gasteiger partial charge in [0.2, 0.25) is 0 Å². The lowest BCUT2D eigenvalue weighted by Gasteiger charge is -2.29. The maximum absolute atomic E-state index is 14.7. The molecule has 3 rings (SSSR count). The van der Waals surface area contributed by atoms with Crippen LogP contribution in [0.2, 0.25) is 0 Å². The number of nitriles is 1. The molecule has 1 aliphatic rings. The van der Waals surface area contributed by atoms with E-state index in [0.29, 0.717) is 12.5 Å². The van der Waals surface area contributed by atoms with Crippen LogP contribution in [0, 0.1) is 17.1 Å². The van der Waals surface area contributed by atoms with Crippen LogP contribution in [0.15, 0.2) is 36.4 Å². The number of esters is 1. The van der Waals surface area contributed by atoms with Crippen molar-refractivity contribution >= 4 is 40.6 Å². The maximum atomic E-state index is 14.7. The highest BCUT2D eigenvalue weighted by atomic mass is 32.1. The molecule has 1 amide bonds. The molecule has 2 aromatic carbocycles. The van der Waals surface area contributed by atoms with Crippen molar-refractivity contribution in [2.24, 2.45) is 0 Å². The predicted molar refractivity (Wildman–Crippen MR) is 120 cm³/mol. The average molecular weight is 493 g/mol. The first-order valence-electron chi connectivity index (χ1n) is 10.1. The molecule has 1 aliphatic heterocycles. The molecule has 0 unspecified atom stereocenters. The molecule has 2 aromatic rings. The summed E-state index contributed by atoms with van der Waals surface area (Å²) in [7, 11) is 0. The lowest BCUT2D eigenvalue weighted by molar-refractivity contribution is -0.137. The Kier molecular flexibility index (Phi) is 6.66. The summed E-state index contributed by atoms with van der Waals surface area (Å²) in [5, 5.41) is 8.83. The van der Waals surface area contributed by atoms with Crippen LogP contribution in [-0.4, -0.2) is 29.1 Å². The summed E-state index contributed by atoms with van der Waals surface area (Å²) in [5.41, 5.74) is -3.56. The highest BCUT2D eigenvalue weighted by molar-refractivity contribution is 7.81. The molecule has 0 N–H and O–H groups in total. The average Bonchev–Trinajstić information content (AvgIpc) is 2.94. The zero-order valence-electron chi connectivity index (χ0n) is 18.4. The molecule has 1 fully saturated rings. The van der Waals surface area contributed by atoms with Gasteiger partial charge in [0, 0.05) is 5.69 Å². The number of nitrogens with zero attached hydrogens (tertiary/aromatic N) is 3. The van der Waals surface area contributed by atoms with Crippen molar-refractivity contribution in [3.63, 3.8) is 0 Å². The molecule has 0 saturated carbocycles. The minimum absolute atomic E-state index is 0.122. The van der Waals surface area contributed by atoms with Crippen molar-refractivity contribution in [3.8, 4) is 6.07 Å². The fourth-order valence-corrected chi connectivity index (χ4v) is 4.06. The Morgan fingerprint density at radius 2 is 1.82 bits per heavy atom. The Bertz CT molecular complexity index is 1220. The molecule has 0 radical (unpaired) electrons. The van der Waals surface area contributed by atoms with Crippen molar-refractivity contribution in [3.05, 3.63) is 58.9 Å². The lowest BCUT2D eigenvalue weighted by Crippen LogP contribution is -2.44. The summed E-state index contributed by atoms with van der Waals surface area (Å²) >= 11 is 5.41. The molecule has 11 heteroatoms. The fourth-order valence-electron chi connectivity index (χ4n) is 3.54. The number of carbonyl (C=O) groups excluding carboxylic acids is 2. The van der Waals surface area contributed by atoms with E-state index in [4.69, 9.17) is 22.2 Å². The number of ether oxygens (including phenoxy) is 1. The molecule has 0 aliphatic carbocycles. The van der Waals surface area contributed by atoms with Crippen LogP contribution in [0.1, 0.15) is 48.7 Å². The topological polar surface area (TPSA) is 73.6 Å². The van der Waals surface area contributed by atoms with Crippen molar-refractivity contribution < 1.29 is 31.9 Å². The molecular formula is C23H19F4N3O3S. The van der Waals surface area contributed by atoms with Gasteiger partial charge in [0.05, 0.1) is 35.1 Å². The van der Waals surface area contributed by atoms with E-state index in [1.165, 1.54) is 43.0 Å². The summed E-state index contributed by atoms with van der Waals surface area (Å²) in [6.07, 6.45) is -4.27. The number of rotatable bonds is 5. The van der Waals surface area contributed by atoms with E-state index in [-0.39, 0.29) is 28.7 Å². The smallest absolute Gasteiger partial charge is 0.417 e. The normalized spacial score (nSPS) is 15.5. The van der Waals surface area contributed by atoms with Gasteiger partial charge in [-0.1, -0.05) is 6.92 Å². The predicted octanol–water partition coefficient (Wildman–Crippen LogP) is 5.20. The second kappa shape index (κ2) is 9.02. The molecule has 0 aromatic heterocycles. The molecule has 0 spiro atoms. The Balaban J connectivity index is 2.03. The summed E-state index contributed by atoms with van der Waals surface area (Å²) in [6, 6.07) is 7.87. The monoisotopic (exact) mass is 493 g/mol. The first-order valence-corrected chi connectivity index (χ1v) is 10.5. The summed E-state index contributed by atoms with van der Waals surface area (Å²) in [6.45, 7) is 4.88. The molecule has 6 nitrogen and oxygen atoms in total. The highest BCUT2D eigenvalue weighted by Crippen LogP contribution is 2.39. The first-order chi connectivity index (χ1) is 15.8. The van der Waals surface area contributed by atoms with E-state index in [0.717, 1.165) is 17.0 Å². The number of anilines is 2. The van der Waals surface area contributed by atoms with Gasteiger partial charge >= 0.3 is 12.1 Å². The van der Waals surface area contributed by atoms with Gasteiger partial charge in [0.25, 0.3) is 5.91 Å². The van der Waals surface area contributed by atoms with Crippen LogP contribution in [0.3, 0.4) is 0 Å². The molecular weight excluding hydrogens is 474 g/mol. The van der Waals surface area contributed by atoms with Crippen LogP contribution in [0.4, 0.5) is 28.9 Å². The standard InChI is InChI=1S/C23H19F4N3O3S/c1-4-9-33-19(31)16-8-7-15(11-18(16)24)30-21(34)29(20(32)22(30,2)3)14-6-5-13(12-28)17(10-14)23(25,26)27/h5-8,10-11H,4,9H2,1-3H3. The molecule has 178 valence electrons. The Morgan fingerprint density at radius 1 is 1.18 bits per heavy atom. The fraction of sp³-hybridized carbons (Fsp3) is 0.304. The van der Waals surface area contributed by atoms with Crippen LogP contribution in [0.25, 0.3) is 0 Å². The minimum Gasteiger partial charge on any atom is -0.462 e. The van der Waals surface area contributed by atoms with Crippen molar-refractivity contribution in [1.82, 2.24) is 0 Å². The van der Waals surface area contributed by atoms with Gasteiger partial charge in [-0.3, -0.25) is 9.69 Å². The van der Waals surface area contributed by atoms with Gasteiger partial charge in [0.15, 0.2) is 5.11 Å². The number of benzene rings is 2. The first kappa shape index (κ1) is 25.1. The molecule has 1 heterocycles. The number of alkyl halides is 3. The van der Waals surface area contributed by atoms with E-state index >= 15 is 0 Å². The second-order valence-corrected chi connectivity index (χ2v) is 8.32. The van der Waals surface area contributed by atoms with Gasteiger partial charge in [-0.25, -0.2) is 9.18 Å². The van der Waals surface area contributed by atoms with Gasteiger partial charge in [-0.2, -0.15) is 18.4 Å². The molecule has 0 atom stereocenters. The Hall–Kier alpha value is -3.52. The number of hydrogen-bond acceptors (Lipinski definition) is 5. The number of halogens is 4. The number of carbonyl (C=O) groups is 2. The quantitative estimate of drug-likeness (QED) is 0.324. The third kappa shape index (κ3) is 4.33. The molecule has 34 heavy (non-hydrogen) atoms. The zero-order valence-corrected chi connectivity index (χ0v) is 19.2. The Labute approximate surface area is 198 Å². The largest absolute Gasteiger partial charge is 0.462 e. The van der Waals surface area contributed by atoms with E-state index in [9.17, 15) is 27.2 Å². The van der Waals surface area contributed by atoms with Crippen LogP contribution < -0.4 is 9.80 Å². The summed E-state index contributed by atoms with van der Waals surface area (Å²) in [4.78, 5) is 27.4. The molecule has 1 saturated heterocycles. The Morgan fingerprint density at radius 3 is 2.38 bits per heavy atom. The number of hydrogen-bond donors (Lipinski definition) is 0. The van der Waals surface area contributed by atoms with E-state index < -0.39 is 40.5 Å². The SMILES string of the molecule is CCCOC(=O)c1ccc(N2C(=S)N(c3ccc(C#N)c(C(F)(F)F)c3)C(=O)C2(C)C)cc1F. The van der Waals surface area contributed by atoms with Gasteiger partial charge < -0.3 is 9.64 Å². The minimum atomic E-state index is -4.83. The number of amides is 1. The van der Waals surface area contributed by atoms with E-state index in [2.05, 4.69) is 0 Å².